The smallest absolute Gasteiger partial charge is 0.246 e. The Bertz CT molecular complexity index is 566. The van der Waals surface area contributed by atoms with E-state index >= 15 is 0 Å². The van der Waals surface area contributed by atoms with Gasteiger partial charge in [0, 0.05) is 31.6 Å². The molecular formula is C21H32N2O3. The van der Waals surface area contributed by atoms with Crippen LogP contribution in [0.4, 0.5) is 0 Å². The maximum atomic E-state index is 12.3. The molecule has 2 heterocycles. The first-order chi connectivity index (χ1) is 12.6. The molecule has 1 aliphatic rings. The number of hydrogen-bond donors (Lipinski definition) is 1. The summed E-state index contributed by atoms with van der Waals surface area (Å²) in [5, 5.41) is 3.14. The van der Waals surface area contributed by atoms with E-state index in [4.69, 9.17) is 4.42 Å². The molecule has 5 heteroatoms. The van der Waals surface area contributed by atoms with E-state index in [0.717, 1.165) is 58.2 Å². The van der Waals surface area contributed by atoms with Crippen LogP contribution in [0.5, 0.6) is 0 Å². The van der Waals surface area contributed by atoms with E-state index in [0.29, 0.717) is 11.7 Å². The molecule has 5 nitrogen and oxygen atoms in total. The summed E-state index contributed by atoms with van der Waals surface area (Å²) in [6.45, 7) is 6.48. The summed E-state index contributed by atoms with van der Waals surface area (Å²) in [5.41, 5.74) is 0. The highest BCUT2D eigenvalue weighted by molar-refractivity contribution is 5.91. The van der Waals surface area contributed by atoms with Gasteiger partial charge in [0.05, 0.1) is 6.26 Å². The molecule has 0 radical (unpaired) electrons. The number of carbonyl (C=O) groups is 2. The van der Waals surface area contributed by atoms with Crippen LogP contribution in [0.1, 0.15) is 58.1 Å². The summed E-state index contributed by atoms with van der Waals surface area (Å²) in [6.07, 6.45) is 10.8. The van der Waals surface area contributed by atoms with Gasteiger partial charge < -0.3 is 14.6 Å². The van der Waals surface area contributed by atoms with E-state index in [1.807, 2.05) is 11.0 Å². The van der Waals surface area contributed by atoms with Crippen LogP contribution >= 0.6 is 0 Å². The van der Waals surface area contributed by atoms with Crippen molar-refractivity contribution in [2.45, 2.75) is 52.4 Å². The summed E-state index contributed by atoms with van der Waals surface area (Å²) in [5.74, 6) is 1.52. The molecule has 1 aromatic rings. The molecule has 0 saturated carbocycles. The van der Waals surface area contributed by atoms with Crippen molar-refractivity contribution in [3.05, 3.63) is 30.2 Å². The lowest BCUT2D eigenvalue weighted by Crippen LogP contribution is -2.42. The fourth-order valence-corrected chi connectivity index (χ4v) is 3.50. The van der Waals surface area contributed by atoms with Crippen molar-refractivity contribution in [3.8, 4) is 0 Å². The quantitative estimate of drug-likeness (QED) is 0.680. The Labute approximate surface area is 156 Å². The Hall–Kier alpha value is -2.04. The zero-order valence-corrected chi connectivity index (χ0v) is 16.1. The van der Waals surface area contributed by atoms with Gasteiger partial charge in [-0.3, -0.25) is 9.59 Å². The monoisotopic (exact) mass is 360 g/mol. The zero-order chi connectivity index (χ0) is 18.8. The van der Waals surface area contributed by atoms with Crippen molar-refractivity contribution in [2.75, 3.05) is 19.6 Å². The molecule has 0 atom stereocenters. The highest BCUT2D eigenvalue weighted by Gasteiger charge is 2.23. The van der Waals surface area contributed by atoms with Crippen LogP contribution in [0.2, 0.25) is 0 Å². The number of amides is 2. The van der Waals surface area contributed by atoms with Crippen LogP contribution in [-0.2, 0) is 9.59 Å². The van der Waals surface area contributed by atoms with Crippen LogP contribution in [0, 0.1) is 11.8 Å². The first kappa shape index (κ1) is 20.3. The normalized spacial score (nSPS) is 15.7. The number of furan rings is 1. The summed E-state index contributed by atoms with van der Waals surface area (Å²) in [4.78, 5) is 26.4. The van der Waals surface area contributed by atoms with Gasteiger partial charge in [-0.15, -0.1) is 0 Å². The molecule has 0 aliphatic carbocycles. The van der Waals surface area contributed by atoms with Crippen molar-refractivity contribution in [2.24, 2.45) is 11.8 Å². The second-order valence-corrected chi connectivity index (χ2v) is 7.14. The third-order valence-corrected chi connectivity index (χ3v) is 5.07. The number of carbonyl (C=O) groups excluding carboxylic acids is 2. The Morgan fingerprint density at radius 3 is 2.54 bits per heavy atom. The van der Waals surface area contributed by atoms with Gasteiger partial charge in [0.2, 0.25) is 11.8 Å². The molecule has 1 fully saturated rings. The van der Waals surface area contributed by atoms with E-state index in [2.05, 4.69) is 19.2 Å². The molecule has 0 bridgehead atoms. The molecule has 0 unspecified atom stereocenters. The lowest BCUT2D eigenvalue weighted by Gasteiger charge is -2.31. The van der Waals surface area contributed by atoms with Gasteiger partial charge >= 0.3 is 0 Å². The first-order valence-electron chi connectivity index (χ1n) is 9.92. The summed E-state index contributed by atoms with van der Waals surface area (Å²) >= 11 is 0. The lowest BCUT2D eigenvalue weighted by atomic mass is 9.94. The van der Waals surface area contributed by atoms with E-state index < -0.39 is 0 Å². The summed E-state index contributed by atoms with van der Waals surface area (Å²) in [6, 6.07) is 3.62. The fourth-order valence-electron chi connectivity index (χ4n) is 3.50. The molecule has 0 spiro atoms. The first-order valence-corrected chi connectivity index (χ1v) is 9.92. The molecule has 26 heavy (non-hydrogen) atoms. The van der Waals surface area contributed by atoms with E-state index in [1.54, 1.807) is 24.5 Å². The molecule has 1 aromatic heterocycles. The van der Waals surface area contributed by atoms with Gasteiger partial charge in [0.15, 0.2) is 0 Å². The number of hydrogen-bond acceptors (Lipinski definition) is 3. The number of likely N-dealkylation sites (tertiary alicyclic amines) is 1. The fraction of sp³-hybridized carbons (Fsp3) is 0.619. The Kier molecular flexibility index (Phi) is 8.45. The number of nitrogens with one attached hydrogen (secondary N) is 1. The minimum absolute atomic E-state index is 0.0230. The van der Waals surface area contributed by atoms with Crippen LogP contribution in [0.15, 0.2) is 28.9 Å². The van der Waals surface area contributed by atoms with Crippen molar-refractivity contribution < 1.29 is 14.0 Å². The van der Waals surface area contributed by atoms with Gasteiger partial charge in [0.1, 0.15) is 5.76 Å². The van der Waals surface area contributed by atoms with E-state index in [-0.39, 0.29) is 17.7 Å². The van der Waals surface area contributed by atoms with Gasteiger partial charge in [0.25, 0.3) is 0 Å². The predicted molar refractivity (Wildman–Crippen MR) is 103 cm³/mol. The summed E-state index contributed by atoms with van der Waals surface area (Å²) in [7, 11) is 0. The van der Waals surface area contributed by atoms with Gasteiger partial charge in [-0.05, 0) is 49.8 Å². The minimum Gasteiger partial charge on any atom is -0.465 e. The number of piperidine rings is 1. The van der Waals surface area contributed by atoms with Crippen molar-refractivity contribution >= 4 is 17.9 Å². The maximum absolute atomic E-state index is 12.3. The molecule has 2 amide bonds. The van der Waals surface area contributed by atoms with Crippen LogP contribution < -0.4 is 5.32 Å². The largest absolute Gasteiger partial charge is 0.465 e. The minimum atomic E-state index is 0.0230. The van der Waals surface area contributed by atoms with Crippen LogP contribution in [0.3, 0.4) is 0 Å². The van der Waals surface area contributed by atoms with Gasteiger partial charge in [-0.2, -0.15) is 0 Å². The van der Waals surface area contributed by atoms with Crippen molar-refractivity contribution in [3.63, 3.8) is 0 Å². The van der Waals surface area contributed by atoms with E-state index in [1.165, 1.54) is 0 Å². The topological polar surface area (TPSA) is 62.6 Å². The molecule has 144 valence electrons. The maximum Gasteiger partial charge on any atom is 0.246 e. The van der Waals surface area contributed by atoms with Gasteiger partial charge in [-0.25, -0.2) is 0 Å². The average molecular weight is 360 g/mol. The Balaban J connectivity index is 1.70. The second kappa shape index (κ2) is 10.8. The second-order valence-electron chi connectivity index (χ2n) is 7.14. The lowest BCUT2D eigenvalue weighted by molar-refractivity contribution is -0.128. The van der Waals surface area contributed by atoms with Crippen LogP contribution in [-0.4, -0.2) is 36.3 Å². The highest BCUT2D eigenvalue weighted by Crippen LogP contribution is 2.18. The number of nitrogens with zero attached hydrogens (tertiary/aromatic N) is 1. The molecule has 2 rings (SSSR count). The molecular weight excluding hydrogens is 328 g/mol. The number of rotatable bonds is 9. The summed E-state index contributed by atoms with van der Waals surface area (Å²) < 4.78 is 5.20. The predicted octanol–water partition coefficient (Wildman–Crippen LogP) is 3.86. The van der Waals surface area contributed by atoms with Crippen molar-refractivity contribution in [1.82, 2.24) is 10.2 Å². The van der Waals surface area contributed by atoms with E-state index in [9.17, 15) is 9.59 Å². The molecule has 0 aromatic carbocycles. The van der Waals surface area contributed by atoms with Crippen LogP contribution in [0.25, 0.3) is 6.08 Å². The van der Waals surface area contributed by atoms with Crippen molar-refractivity contribution in [1.29, 1.82) is 0 Å². The molecule has 1 saturated heterocycles. The molecule has 1 aliphatic heterocycles. The Morgan fingerprint density at radius 2 is 1.96 bits per heavy atom. The Morgan fingerprint density at radius 1 is 1.27 bits per heavy atom. The third-order valence-electron chi connectivity index (χ3n) is 5.07. The third kappa shape index (κ3) is 6.36. The van der Waals surface area contributed by atoms with Gasteiger partial charge in [-0.1, -0.05) is 26.7 Å². The molecule has 1 N–H and O–H groups in total. The highest BCUT2D eigenvalue weighted by atomic mass is 16.3. The standard InChI is InChI=1S/C21H32N2O3/c1-3-6-18(7-4-2)21(25)22-16-17-11-13-23(14-12-17)20(24)10-9-19-8-5-15-26-19/h5,8-10,15,17-18H,3-4,6-7,11-14,16H2,1-2H3,(H,22,25)/b10-9+. The zero-order valence-electron chi connectivity index (χ0n) is 16.1. The average Bonchev–Trinajstić information content (AvgIpc) is 3.18. The SMILES string of the molecule is CCCC(CCC)C(=O)NCC1CCN(C(=O)/C=C/c2ccco2)CC1.